The Labute approximate surface area is 81.3 Å². The minimum absolute atomic E-state index is 0.470. The fraction of sp³-hybridized carbons (Fsp3) is 1.00. The molecule has 2 fully saturated rings. The van der Waals surface area contributed by atoms with Crippen LogP contribution in [0.15, 0.2) is 0 Å². The van der Waals surface area contributed by atoms with Gasteiger partial charge < -0.3 is 11.1 Å². The first-order valence-electron chi connectivity index (χ1n) is 5.85. The fourth-order valence-corrected chi connectivity index (χ4v) is 2.86. The minimum atomic E-state index is 0.470. The van der Waals surface area contributed by atoms with Crippen LogP contribution in [0.2, 0.25) is 0 Å². The van der Waals surface area contributed by atoms with Crippen molar-refractivity contribution in [3.63, 3.8) is 0 Å². The summed E-state index contributed by atoms with van der Waals surface area (Å²) in [6, 6.07) is 1.20. The van der Waals surface area contributed by atoms with E-state index in [0.717, 1.165) is 12.0 Å². The highest BCUT2D eigenvalue weighted by Crippen LogP contribution is 2.29. The summed E-state index contributed by atoms with van der Waals surface area (Å²) < 4.78 is 0. The second-order valence-electron chi connectivity index (χ2n) is 4.74. The van der Waals surface area contributed by atoms with E-state index in [1.54, 1.807) is 0 Å². The van der Waals surface area contributed by atoms with Crippen LogP contribution in [0.4, 0.5) is 0 Å². The fourth-order valence-electron chi connectivity index (χ4n) is 2.86. The predicted molar refractivity (Wildman–Crippen MR) is 55.6 cm³/mol. The van der Waals surface area contributed by atoms with Gasteiger partial charge in [-0.05, 0) is 44.6 Å². The number of nitrogens with one attached hydrogen (secondary N) is 1. The van der Waals surface area contributed by atoms with Gasteiger partial charge in [0.25, 0.3) is 0 Å². The van der Waals surface area contributed by atoms with Crippen molar-refractivity contribution in [3.05, 3.63) is 0 Å². The first-order chi connectivity index (χ1) is 6.36. The van der Waals surface area contributed by atoms with Gasteiger partial charge in [0.05, 0.1) is 0 Å². The number of nitrogens with two attached hydrogens (primary N) is 1. The van der Waals surface area contributed by atoms with E-state index in [0.29, 0.717) is 6.04 Å². The van der Waals surface area contributed by atoms with Gasteiger partial charge >= 0.3 is 0 Å². The Kier molecular flexibility index (Phi) is 3.23. The minimum Gasteiger partial charge on any atom is -0.327 e. The Morgan fingerprint density at radius 3 is 2.54 bits per heavy atom. The van der Waals surface area contributed by atoms with Gasteiger partial charge in [-0.2, -0.15) is 0 Å². The van der Waals surface area contributed by atoms with Crippen molar-refractivity contribution in [1.29, 1.82) is 0 Å². The van der Waals surface area contributed by atoms with Crippen molar-refractivity contribution < 1.29 is 0 Å². The highest BCUT2D eigenvalue weighted by Gasteiger charge is 2.25. The summed E-state index contributed by atoms with van der Waals surface area (Å²) in [6.07, 6.45) is 9.50. The van der Waals surface area contributed by atoms with Crippen LogP contribution in [0, 0.1) is 5.92 Å². The van der Waals surface area contributed by atoms with Crippen LogP contribution in [-0.4, -0.2) is 18.6 Å². The maximum Gasteiger partial charge on any atom is 0.00823 e. The van der Waals surface area contributed by atoms with Crippen LogP contribution >= 0.6 is 0 Å². The molecule has 2 nitrogen and oxygen atoms in total. The standard InChI is InChI=1S/C11H22N2/c12-11(9-4-1-2-5-9)8-10-6-3-7-13-10/h9-11,13H,1-8,12H2. The highest BCUT2D eigenvalue weighted by molar-refractivity contribution is 4.84. The molecule has 1 saturated carbocycles. The summed E-state index contributed by atoms with van der Waals surface area (Å²) in [5.74, 6) is 0.836. The molecule has 1 heterocycles. The molecular weight excluding hydrogens is 160 g/mol. The maximum atomic E-state index is 6.22. The molecule has 0 amide bonds. The molecule has 1 saturated heterocycles. The lowest BCUT2D eigenvalue weighted by molar-refractivity contribution is 0.371. The van der Waals surface area contributed by atoms with Crippen LogP contribution in [0.5, 0.6) is 0 Å². The predicted octanol–water partition coefficient (Wildman–Crippen LogP) is 1.65. The third-order valence-corrected chi connectivity index (χ3v) is 3.72. The molecule has 76 valence electrons. The van der Waals surface area contributed by atoms with E-state index in [-0.39, 0.29) is 0 Å². The van der Waals surface area contributed by atoms with E-state index >= 15 is 0 Å². The lowest BCUT2D eigenvalue weighted by atomic mass is 9.93. The van der Waals surface area contributed by atoms with E-state index in [1.807, 2.05) is 0 Å². The van der Waals surface area contributed by atoms with Gasteiger partial charge in [0.2, 0.25) is 0 Å². The molecular formula is C11H22N2. The van der Waals surface area contributed by atoms with Crippen molar-refractivity contribution in [2.45, 2.75) is 57.0 Å². The molecule has 1 aliphatic carbocycles. The molecule has 0 aromatic rings. The normalized spacial score (nSPS) is 32.5. The van der Waals surface area contributed by atoms with Crippen molar-refractivity contribution in [1.82, 2.24) is 5.32 Å². The van der Waals surface area contributed by atoms with Crippen molar-refractivity contribution in [2.24, 2.45) is 11.7 Å². The van der Waals surface area contributed by atoms with Crippen LogP contribution in [0.25, 0.3) is 0 Å². The highest BCUT2D eigenvalue weighted by atomic mass is 14.9. The van der Waals surface area contributed by atoms with Crippen LogP contribution in [-0.2, 0) is 0 Å². The van der Waals surface area contributed by atoms with Gasteiger partial charge in [0.1, 0.15) is 0 Å². The Balaban J connectivity index is 1.73. The molecule has 2 unspecified atom stereocenters. The van der Waals surface area contributed by atoms with Gasteiger partial charge in [0.15, 0.2) is 0 Å². The Hall–Kier alpha value is -0.0800. The van der Waals surface area contributed by atoms with Gasteiger partial charge in [-0.15, -0.1) is 0 Å². The molecule has 3 N–H and O–H groups in total. The smallest absolute Gasteiger partial charge is 0.00823 e. The van der Waals surface area contributed by atoms with E-state index in [4.69, 9.17) is 5.73 Å². The van der Waals surface area contributed by atoms with Crippen molar-refractivity contribution in [3.8, 4) is 0 Å². The zero-order valence-electron chi connectivity index (χ0n) is 8.47. The summed E-state index contributed by atoms with van der Waals surface area (Å²) in [6.45, 7) is 1.21. The first kappa shape index (κ1) is 9.47. The van der Waals surface area contributed by atoms with Gasteiger partial charge in [-0.25, -0.2) is 0 Å². The molecule has 2 atom stereocenters. The second-order valence-corrected chi connectivity index (χ2v) is 4.74. The summed E-state index contributed by atoms with van der Waals surface area (Å²) in [5, 5.41) is 3.53. The van der Waals surface area contributed by atoms with Gasteiger partial charge in [-0.3, -0.25) is 0 Å². The molecule has 2 aliphatic rings. The van der Waals surface area contributed by atoms with Crippen LogP contribution in [0.1, 0.15) is 44.9 Å². The summed E-state index contributed by atoms with van der Waals surface area (Å²) >= 11 is 0. The summed E-state index contributed by atoms with van der Waals surface area (Å²) in [4.78, 5) is 0. The first-order valence-corrected chi connectivity index (χ1v) is 5.85. The molecule has 2 rings (SSSR count). The molecule has 1 aliphatic heterocycles. The average Bonchev–Trinajstić information content (AvgIpc) is 2.74. The number of hydrogen-bond donors (Lipinski definition) is 2. The number of hydrogen-bond acceptors (Lipinski definition) is 2. The average molecular weight is 182 g/mol. The molecule has 0 spiro atoms. The quantitative estimate of drug-likeness (QED) is 0.696. The Bertz CT molecular complexity index is 146. The molecule has 2 heteroatoms. The largest absolute Gasteiger partial charge is 0.327 e. The van der Waals surface area contributed by atoms with E-state index in [2.05, 4.69) is 5.32 Å². The van der Waals surface area contributed by atoms with Crippen molar-refractivity contribution in [2.75, 3.05) is 6.54 Å². The second kappa shape index (κ2) is 4.43. The molecule has 0 radical (unpaired) electrons. The number of rotatable bonds is 3. The van der Waals surface area contributed by atoms with E-state index in [9.17, 15) is 0 Å². The maximum absolute atomic E-state index is 6.22. The molecule has 13 heavy (non-hydrogen) atoms. The molecule has 0 bridgehead atoms. The van der Waals surface area contributed by atoms with Crippen LogP contribution < -0.4 is 11.1 Å². The lowest BCUT2D eigenvalue weighted by Gasteiger charge is -2.22. The third kappa shape index (κ3) is 2.44. The molecule has 0 aromatic heterocycles. The van der Waals surface area contributed by atoms with Gasteiger partial charge in [0, 0.05) is 12.1 Å². The topological polar surface area (TPSA) is 38.0 Å². The summed E-state index contributed by atoms with van der Waals surface area (Å²) in [5.41, 5.74) is 6.22. The molecule has 0 aromatic carbocycles. The van der Waals surface area contributed by atoms with Gasteiger partial charge in [-0.1, -0.05) is 12.8 Å². The van der Waals surface area contributed by atoms with Crippen LogP contribution in [0.3, 0.4) is 0 Å². The van der Waals surface area contributed by atoms with E-state index in [1.165, 1.54) is 51.5 Å². The monoisotopic (exact) mass is 182 g/mol. The van der Waals surface area contributed by atoms with E-state index < -0.39 is 0 Å². The summed E-state index contributed by atoms with van der Waals surface area (Å²) in [7, 11) is 0. The SMILES string of the molecule is NC(CC1CCCN1)C1CCCC1. The van der Waals surface area contributed by atoms with Crippen molar-refractivity contribution >= 4 is 0 Å². The zero-order valence-corrected chi connectivity index (χ0v) is 8.47. The Morgan fingerprint density at radius 1 is 1.15 bits per heavy atom. The lowest BCUT2D eigenvalue weighted by Crippen LogP contribution is -2.36. The third-order valence-electron chi connectivity index (χ3n) is 3.72. The zero-order chi connectivity index (χ0) is 9.10. The Morgan fingerprint density at radius 2 is 1.92 bits per heavy atom.